The molecule has 0 unspecified atom stereocenters. The normalized spacial score (nSPS) is 9.69. The van der Waals surface area contributed by atoms with Crippen molar-refractivity contribution in [3.8, 4) is 6.07 Å². The first-order valence-corrected chi connectivity index (χ1v) is 4.81. The lowest BCUT2D eigenvalue weighted by Gasteiger charge is -2.02. The summed E-state index contributed by atoms with van der Waals surface area (Å²) >= 11 is 0. The summed E-state index contributed by atoms with van der Waals surface area (Å²) < 4.78 is 0. The molecule has 2 aromatic heterocycles. The van der Waals surface area contributed by atoms with Crippen LogP contribution < -0.4 is 5.56 Å². The molecule has 78 valence electrons. The van der Waals surface area contributed by atoms with Gasteiger partial charge in [0.05, 0.1) is 0 Å². The molecule has 0 amide bonds. The highest BCUT2D eigenvalue weighted by Gasteiger charge is 2.06. The lowest BCUT2D eigenvalue weighted by Crippen LogP contribution is -2.12. The summed E-state index contributed by atoms with van der Waals surface area (Å²) in [7, 11) is 0. The quantitative estimate of drug-likeness (QED) is 0.812. The fourth-order valence-electron chi connectivity index (χ4n) is 1.51. The Labute approximate surface area is 92.2 Å². The van der Waals surface area contributed by atoms with E-state index in [0.717, 1.165) is 11.1 Å². The highest BCUT2D eigenvalue weighted by molar-refractivity contribution is 5.37. The van der Waals surface area contributed by atoms with Crippen LogP contribution in [0.25, 0.3) is 0 Å². The number of nitrogens with one attached hydrogen (secondary N) is 1. The minimum atomic E-state index is -0.339. The molecule has 4 nitrogen and oxygen atoms in total. The second-order valence-electron chi connectivity index (χ2n) is 3.35. The second-order valence-corrected chi connectivity index (χ2v) is 3.35. The zero-order valence-electron chi connectivity index (χ0n) is 8.47. The number of H-pyrrole nitrogens is 1. The van der Waals surface area contributed by atoms with E-state index in [9.17, 15) is 4.79 Å². The Bertz CT molecular complexity index is 581. The van der Waals surface area contributed by atoms with Gasteiger partial charge in [0.15, 0.2) is 0 Å². The van der Waals surface area contributed by atoms with E-state index >= 15 is 0 Å². The van der Waals surface area contributed by atoms with Crippen molar-refractivity contribution >= 4 is 0 Å². The molecule has 0 aromatic carbocycles. The van der Waals surface area contributed by atoms with Crippen LogP contribution in [-0.2, 0) is 6.42 Å². The largest absolute Gasteiger partial charge is 0.328 e. The zero-order chi connectivity index (χ0) is 11.4. The number of rotatable bonds is 2. The van der Waals surface area contributed by atoms with Gasteiger partial charge < -0.3 is 4.98 Å². The van der Waals surface area contributed by atoms with Gasteiger partial charge in [0.25, 0.3) is 5.56 Å². The maximum atomic E-state index is 11.4. The van der Waals surface area contributed by atoms with Crippen LogP contribution in [-0.4, -0.2) is 9.97 Å². The molecule has 0 bridgehead atoms. The second kappa shape index (κ2) is 4.41. The van der Waals surface area contributed by atoms with Crippen LogP contribution in [0.2, 0.25) is 0 Å². The summed E-state index contributed by atoms with van der Waals surface area (Å²) in [6.45, 7) is 0. The SMILES string of the molecule is N#Cc1c(Cc2ccncc2)cc[nH]c1=O. The van der Waals surface area contributed by atoms with E-state index in [-0.39, 0.29) is 11.1 Å². The molecule has 1 N–H and O–H groups in total. The number of pyridine rings is 2. The van der Waals surface area contributed by atoms with Crippen LogP contribution >= 0.6 is 0 Å². The average Bonchev–Trinajstić information content (AvgIpc) is 2.31. The third-order valence-electron chi connectivity index (χ3n) is 2.30. The number of hydrogen-bond donors (Lipinski definition) is 1. The predicted molar refractivity (Wildman–Crippen MR) is 58.8 cm³/mol. The maximum absolute atomic E-state index is 11.4. The van der Waals surface area contributed by atoms with Gasteiger partial charge in [-0.25, -0.2) is 0 Å². The van der Waals surface area contributed by atoms with E-state index in [1.807, 2.05) is 18.2 Å². The van der Waals surface area contributed by atoms with E-state index in [4.69, 9.17) is 5.26 Å². The molecule has 2 aromatic rings. The van der Waals surface area contributed by atoms with Crippen molar-refractivity contribution in [2.24, 2.45) is 0 Å². The Morgan fingerprint density at radius 3 is 2.75 bits per heavy atom. The Balaban J connectivity index is 2.40. The van der Waals surface area contributed by atoms with Crippen molar-refractivity contribution in [1.82, 2.24) is 9.97 Å². The lowest BCUT2D eigenvalue weighted by atomic mass is 10.0. The van der Waals surface area contributed by atoms with Crippen molar-refractivity contribution in [1.29, 1.82) is 5.26 Å². The van der Waals surface area contributed by atoms with Crippen LogP contribution in [0.3, 0.4) is 0 Å². The van der Waals surface area contributed by atoms with Gasteiger partial charge in [-0.15, -0.1) is 0 Å². The summed E-state index contributed by atoms with van der Waals surface area (Å²) in [6.07, 6.45) is 5.50. The minimum absolute atomic E-state index is 0.180. The molecule has 0 aliphatic carbocycles. The molecule has 0 fully saturated rings. The van der Waals surface area contributed by atoms with Gasteiger partial charge in [-0.2, -0.15) is 5.26 Å². The third-order valence-corrected chi connectivity index (χ3v) is 2.30. The van der Waals surface area contributed by atoms with Gasteiger partial charge in [0, 0.05) is 18.6 Å². The first kappa shape index (κ1) is 10.1. The molecular formula is C12H9N3O. The van der Waals surface area contributed by atoms with Crippen LogP contribution in [0, 0.1) is 11.3 Å². The molecule has 0 atom stereocenters. The van der Waals surface area contributed by atoms with Crippen LogP contribution in [0.15, 0.2) is 41.6 Å². The van der Waals surface area contributed by atoms with Gasteiger partial charge in [-0.1, -0.05) is 0 Å². The average molecular weight is 211 g/mol. The molecule has 2 heterocycles. The summed E-state index contributed by atoms with van der Waals surface area (Å²) in [4.78, 5) is 17.8. The molecule has 0 radical (unpaired) electrons. The highest BCUT2D eigenvalue weighted by Crippen LogP contribution is 2.09. The minimum Gasteiger partial charge on any atom is -0.328 e. The van der Waals surface area contributed by atoms with Crippen LogP contribution in [0.4, 0.5) is 0 Å². The van der Waals surface area contributed by atoms with E-state index < -0.39 is 0 Å². The van der Waals surface area contributed by atoms with E-state index in [1.165, 1.54) is 0 Å². The van der Waals surface area contributed by atoms with Gasteiger partial charge in [0.2, 0.25) is 0 Å². The van der Waals surface area contributed by atoms with Crippen molar-refractivity contribution < 1.29 is 0 Å². The molecule has 4 heteroatoms. The van der Waals surface area contributed by atoms with Gasteiger partial charge in [0.1, 0.15) is 11.6 Å². The standard InChI is InChI=1S/C12H9N3O/c13-8-11-10(3-6-15-12(11)16)7-9-1-4-14-5-2-9/h1-6H,7H2,(H,15,16). The molecule has 0 saturated carbocycles. The van der Waals surface area contributed by atoms with E-state index in [1.54, 1.807) is 24.7 Å². The van der Waals surface area contributed by atoms with Crippen molar-refractivity contribution in [3.63, 3.8) is 0 Å². The first-order valence-electron chi connectivity index (χ1n) is 4.81. The summed E-state index contributed by atoms with van der Waals surface area (Å²) in [5.74, 6) is 0. The Morgan fingerprint density at radius 1 is 1.31 bits per heavy atom. The molecule has 0 spiro atoms. The van der Waals surface area contributed by atoms with Crippen molar-refractivity contribution in [2.75, 3.05) is 0 Å². The molecule has 0 aliphatic rings. The van der Waals surface area contributed by atoms with Gasteiger partial charge >= 0.3 is 0 Å². The lowest BCUT2D eigenvalue weighted by molar-refractivity contribution is 1.10. The molecular weight excluding hydrogens is 202 g/mol. The summed E-state index contributed by atoms with van der Waals surface area (Å²) in [6, 6.07) is 7.40. The predicted octanol–water partition coefficient (Wildman–Crippen LogP) is 1.23. The number of aromatic nitrogens is 2. The number of nitrogens with zero attached hydrogens (tertiary/aromatic N) is 2. The number of nitriles is 1. The van der Waals surface area contributed by atoms with Gasteiger partial charge in [-0.05, 0) is 35.7 Å². The van der Waals surface area contributed by atoms with E-state index in [0.29, 0.717) is 6.42 Å². The molecule has 0 aliphatic heterocycles. The van der Waals surface area contributed by atoms with Crippen LogP contribution in [0.5, 0.6) is 0 Å². The number of hydrogen-bond acceptors (Lipinski definition) is 3. The Hall–Kier alpha value is -2.41. The van der Waals surface area contributed by atoms with Crippen LogP contribution in [0.1, 0.15) is 16.7 Å². The topological polar surface area (TPSA) is 69.5 Å². The summed E-state index contributed by atoms with van der Waals surface area (Å²) in [5, 5.41) is 8.89. The third kappa shape index (κ3) is 1.98. The Kier molecular flexibility index (Phi) is 2.79. The smallest absolute Gasteiger partial charge is 0.266 e. The fourth-order valence-corrected chi connectivity index (χ4v) is 1.51. The molecule has 0 saturated heterocycles. The van der Waals surface area contributed by atoms with Crippen molar-refractivity contribution in [3.05, 3.63) is 63.8 Å². The zero-order valence-corrected chi connectivity index (χ0v) is 8.47. The molecule has 16 heavy (non-hydrogen) atoms. The summed E-state index contributed by atoms with van der Waals surface area (Å²) in [5.41, 5.74) is 1.60. The monoisotopic (exact) mass is 211 g/mol. The van der Waals surface area contributed by atoms with Gasteiger partial charge in [-0.3, -0.25) is 9.78 Å². The number of aromatic amines is 1. The fraction of sp³-hybridized carbons (Fsp3) is 0.0833. The maximum Gasteiger partial charge on any atom is 0.266 e. The van der Waals surface area contributed by atoms with E-state index in [2.05, 4.69) is 9.97 Å². The van der Waals surface area contributed by atoms with Crippen molar-refractivity contribution in [2.45, 2.75) is 6.42 Å². The Morgan fingerprint density at radius 2 is 2.06 bits per heavy atom. The highest BCUT2D eigenvalue weighted by atomic mass is 16.1. The first-order chi connectivity index (χ1) is 7.81. The molecule has 2 rings (SSSR count).